The molecule has 4 rings (SSSR count). The van der Waals surface area contributed by atoms with Gasteiger partial charge < -0.3 is 9.15 Å². The van der Waals surface area contributed by atoms with Crippen LogP contribution in [0.1, 0.15) is 5.89 Å². The van der Waals surface area contributed by atoms with Gasteiger partial charge in [-0.05, 0) is 62.2 Å². The van der Waals surface area contributed by atoms with Crippen LogP contribution in [0.3, 0.4) is 0 Å². The lowest BCUT2D eigenvalue weighted by Crippen LogP contribution is -2.02. The van der Waals surface area contributed by atoms with Crippen molar-refractivity contribution in [1.29, 1.82) is 0 Å². The Bertz CT molecular complexity index is 1150. The molecule has 0 fully saturated rings. The Morgan fingerprint density at radius 2 is 2.04 bits per heavy atom. The molecule has 4 aromatic rings. The molecule has 0 N–H and O–H groups in total. The topological polar surface area (TPSA) is 78.9 Å². The van der Waals surface area contributed by atoms with Crippen molar-refractivity contribution in [2.24, 2.45) is 0 Å². The van der Waals surface area contributed by atoms with E-state index in [9.17, 15) is 4.39 Å². The summed E-state index contributed by atoms with van der Waals surface area (Å²) in [5.74, 6) is 0.975. The van der Waals surface area contributed by atoms with Gasteiger partial charge in [0.05, 0.1) is 9.50 Å². The third-order valence-corrected chi connectivity index (χ3v) is 4.85. The van der Waals surface area contributed by atoms with Crippen LogP contribution in [-0.2, 0) is 6.61 Å². The Balaban J connectivity index is 1.58. The van der Waals surface area contributed by atoms with Crippen LogP contribution in [0.15, 0.2) is 56.1 Å². The standard InChI is InChI=1S/C17H9Br2ClFN5O2/c18-10-6-9(3-4-12(10)21)27-8-15-23-24-17(28-15)13-7-14(19)25-26(13)16-11(20)2-1-5-22-16/h1-7H,8H2. The van der Waals surface area contributed by atoms with Crippen molar-refractivity contribution >= 4 is 43.5 Å². The number of hydrogen-bond donors (Lipinski definition) is 0. The zero-order chi connectivity index (χ0) is 19.7. The molecule has 0 radical (unpaired) electrons. The van der Waals surface area contributed by atoms with E-state index in [1.54, 1.807) is 24.4 Å². The minimum atomic E-state index is -0.376. The predicted octanol–water partition coefficient (Wildman–Crippen LogP) is 5.21. The summed E-state index contributed by atoms with van der Waals surface area (Å²) in [7, 11) is 0. The summed E-state index contributed by atoms with van der Waals surface area (Å²) >= 11 is 12.7. The molecule has 0 bridgehead atoms. The number of rotatable bonds is 5. The molecular formula is C17H9Br2ClFN5O2. The van der Waals surface area contributed by atoms with E-state index in [1.165, 1.54) is 22.9 Å². The Hall–Kier alpha value is -2.30. The number of halogens is 4. The van der Waals surface area contributed by atoms with Crippen LogP contribution in [-0.4, -0.2) is 25.0 Å². The van der Waals surface area contributed by atoms with Gasteiger partial charge in [0, 0.05) is 12.3 Å². The summed E-state index contributed by atoms with van der Waals surface area (Å²) in [5, 5.41) is 12.8. The second-order valence-corrected chi connectivity index (χ2v) is 7.51. The Kier molecular flexibility index (Phi) is 5.42. The van der Waals surface area contributed by atoms with Gasteiger partial charge in [0.1, 0.15) is 21.9 Å². The fourth-order valence-corrected chi connectivity index (χ4v) is 3.26. The maximum absolute atomic E-state index is 13.3. The number of hydrogen-bond acceptors (Lipinski definition) is 6. The third kappa shape index (κ3) is 3.94. The van der Waals surface area contributed by atoms with E-state index in [2.05, 4.69) is 52.1 Å². The molecule has 0 saturated heterocycles. The first-order chi connectivity index (χ1) is 13.5. The van der Waals surface area contributed by atoms with E-state index in [-0.39, 0.29) is 24.2 Å². The van der Waals surface area contributed by atoms with Crippen molar-refractivity contribution < 1.29 is 13.5 Å². The molecule has 7 nitrogen and oxygen atoms in total. The Morgan fingerprint density at radius 3 is 2.82 bits per heavy atom. The van der Waals surface area contributed by atoms with Crippen molar-refractivity contribution in [3.8, 4) is 23.2 Å². The molecule has 0 unspecified atom stereocenters. The third-order valence-electron chi connectivity index (χ3n) is 3.56. The average Bonchev–Trinajstić information content (AvgIpc) is 3.29. The van der Waals surface area contributed by atoms with Crippen LogP contribution in [0, 0.1) is 5.82 Å². The zero-order valence-electron chi connectivity index (χ0n) is 13.8. The van der Waals surface area contributed by atoms with Gasteiger partial charge in [0.15, 0.2) is 12.4 Å². The maximum atomic E-state index is 13.3. The molecule has 142 valence electrons. The summed E-state index contributed by atoms with van der Waals surface area (Å²) in [5.41, 5.74) is 0.510. The van der Waals surface area contributed by atoms with E-state index in [0.29, 0.717) is 31.4 Å². The molecule has 0 atom stereocenters. The number of benzene rings is 1. The minimum absolute atomic E-state index is 0.0186. The summed E-state index contributed by atoms with van der Waals surface area (Å²) < 4.78 is 26.9. The van der Waals surface area contributed by atoms with Crippen molar-refractivity contribution in [2.45, 2.75) is 6.61 Å². The Labute approximate surface area is 179 Å². The van der Waals surface area contributed by atoms with E-state index < -0.39 is 0 Å². The summed E-state index contributed by atoms with van der Waals surface area (Å²) in [6.07, 6.45) is 1.61. The van der Waals surface area contributed by atoms with E-state index in [0.717, 1.165) is 0 Å². The second-order valence-electron chi connectivity index (χ2n) is 5.44. The molecule has 0 saturated carbocycles. The molecule has 3 aromatic heterocycles. The highest BCUT2D eigenvalue weighted by Gasteiger charge is 2.19. The predicted molar refractivity (Wildman–Crippen MR) is 106 cm³/mol. The van der Waals surface area contributed by atoms with Crippen molar-refractivity contribution in [2.75, 3.05) is 0 Å². The van der Waals surface area contributed by atoms with Crippen molar-refractivity contribution in [1.82, 2.24) is 25.0 Å². The van der Waals surface area contributed by atoms with Gasteiger partial charge in [-0.25, -0.2) is 14.1 Å². The first-order valence-electron chi connectivity index (χ1n) is 7.78. The molecule has 3 heterocycles. The van der Waals surface area contributed by atoms with Crippen LogP contribution in [0.5, 0.6) is 5.75 Å². The SMILES string of the molecule is Fc1ccc(OCc2nnc(-c3cc(Br)nn3-c3ncccc3Cl)o2)cc1Br. The van der Waals surface area contributed by atoms with E-state index in [1.807, 2.05) is 0 Å². The number of nitrogens with zero attached hydrogens (tertiary/aromatic N) is 5. The van der Waals surface area contributed by atoms with Crippen LogP contribution in [0.25, 0.3) is 17.4 Å². The highest BCUT2D eigenvalue weighted by molar-refractivity contribution is 9.10. The molecule has 1 aromatic carbocycles. The minimum Gasteiger partial charge on any atom is -0.484 e. The largest absolute Gasteiger partial charge is 0.484 e. The highest BCUT2D eigenvalue weighted by Crippen LogP contribution is 2.28. The molecule has 0 aliphatic heterocycles. The number of ether oxygens (including phenoxy) is 1. The first kappa shape index (κ1) is 19.0. The lowest BCUT2D eigenvalue weighted by atomic mass is 10.3. The fourth-order valence-electron chi connectivity index (χ4n) is 2.33. The molecule has 0 spiro atoms. The van der Waals surface area contributed by atoms with Gasteiger partial charge in [-0.2, -0.15) is 5.10 Å². The zero-order valence-corrected chi connectivity index (χ0v) is 17.7. The molecular weight excluding hydrogens is 520 g/mol. The highest BCUT2D eigenvalue weighted by atomic mass is 79.9. The lowest BCUT2D eigenvalue weighted by Gasteiger charge is -2.05. The van der Waals surface area contributed by atoms with Gasteiger partial charge in [0.2, 0.25) is 0 Å². The van der Waals surface area contributed by atoms with Crippen LogP contribution >= 0.6 is 43.5 Å². The van der Waals surface area contributed by atoms with Crippen molar-refractivity contribution in [3.05, 3.63) is 68.4 Å². The van der Waals surface area contributed by atoms with Gasteiger partial charge in [0.25, 0.3) is 11.8 Å². The number of pyridine rings is 1. The molecule has 28 heavy (non-hydrogen) atoms. The van der Waals surface area contributed by atoms with E-state index in [4.69, 9.17) is 20.8 Å². The van der Waals surface area contributed by atoms with E-state index >= 15 is 0 Å². The summed E-state index contributed by atoms with van der Waals surface area (Å²) in [6, 6.07) is 9.46. The van der Waals surface area contributed by atoms with Gasteiger partial charge in [-0.3, -0.25) is 0 Å². The molecule has 0 aliphatic rings. The quantitative estimate of drug-likeness (QED) is 0.353. The van der Waals surface area contributed by atoms with Gasteiger partial charge in [-0.1, -0.05) is 11.6 Å². The molecule has 11 heteroatoms. The normalized spacial score (nSPS) is 11.0. The van der Waals surface area contributed by atoms with Crippen molar-refractivity contribution in [3.63, 3.8) is 0 Å². The molecule has 0 amide bonds. The summed E-state index contributed by atoms with van der Waals surface area (Å²) in [6.45, 7) is 0.0186. The van der Waals surface area contributed by atoms with Crippen LogP contribution in [0.4, 0.5) is 4.39 Å². The lowest BCUT2D eigenvalue weighted by molar-refractivity contribution is 0.264. The maximum Gasteiger partial charge on any atom is 0.266 e. The second kappa shape index (κ2) is 7.98. The fraction of sp³-hybridized carbons (Fsp3) is 0.0588. The van der Waals surface area contributed by atoms with Crippen LogP contribution < -0.4 is 4.74 Å². The van der Waals surface area contributed by atoms with Crippen LogP contribution in [0.2, 0.25) is 5.02 Å². The first-order valence-corrected chi connectivity index (χ1v) is 9.75. The smallest absolute Gasteiger partial charge is 0.266 e. The molecule has 0 aliphatic carbocycles. The van der Waals surface area contributed by atoms with Gasteiger partial charge >= 0.3 is 0 Å². The average molecular weight is 530 g/mol. The Morgan fingerprint density at radius 1 is 1.18 bits per heavy atom. The summed E-state index contributed by atoms with van der Waals surface area (Å²) in [4.78, 5) is 4.24. The van der Waals surface area contributed by atoms with Gasteiger partial charge in [-0.15, -0.1) is 10.2 Å². The number of aromatic nitrogens is 5. The monoisotopic (exact) mass is 527 g/mol.